The third-order valence-corrected chi connectivity index (χ3v) is 2.80. The average Bonchev–Trinajstić information content (AvgIpc) is 2.65. The lowest BCUT2D eigenvalue weighted by Gasteiger charge is -2.16. The van der Waals surface area contributed by atoms with E-state index in [9.17, 15) is 4.79 Å². The third-order valence-electron chi connectivity index (χ3n) is 1.99. The predicted octanol–water partition coefficient (Wildman–Crippen LogP) is 2.28. The van der Waals surface area contributed by atoms with Crippen molar-refractivity contribution < 1.29 is 4.79 Å². The van der Waals surface area contributed by atoms with Gasteiger partial charge in [0.15, 0.2) is 5.13 Å². The fraction of sp³-hybridized carbons (Fsp3) is 0.333. The van der Waals surface area contributed by atoms with E-state index in [0.717, 1.165) is 25.3 Å². The molecule has 0 radical (unpaired) electrons. The van der Waals surface area contributed by atoms with E-state index < -0.39 is 0 Å². The van der Waals surface area contributed by atoms with Gasteiger partial charge in [0.1, 0.15) is 0 Å². The lowest BCUT2D eigenvalue weighted by molar-refractivity contribution is -0.114. The molecule has 0 aromatic carbocycles. The molecule has 1 aromatic heterocycles. The second-order valence-corrected chi connectivity index (χ2v) is 4.45. The molecule has 0 saturated carbocycles. The number of amides is 1. The molecule has 17 heavy (non-hydrogen) atoms. The minimum atomic E-state index is -0.0973. The highest BCUT2D eigenvalue weighted by atomic mass is 32.1. The van der Waals surface area contributed by atoms with Crippen molar-refractivity contribution >= 4 is 22.4 Å². The second kappa shape index (κ2) is 6.98. The van der Waals surface area contributed by atoms with Gasteiger partial charge in [0.2, 0.25) is 5.91 Å². The van der Waals surface area contributed by atoms with Gasteiger partial charge in [0, 0.05) is 31.9 Å². The summed E-state index contributed by atoms with van der Waals surface area (Å²) in [5, 5.41) is 5.26. The van der Waals surface area contributed by atoms with Crippen LogP contribution in [0.3, 0.4) is 0 Å². The van der Waals surface area contributed by atoms with Gasteiger partial charge in [0.25, 0.3) is 0 Å². The van der Waals surface area contributed by atoms with E-state index in [1.165, 1.54) is 18.3 Å². The van der Waals surface area contributed by atoms with E-state index in [2.05, 4.69) is 28.4 Å². The highest BCUT2D eigenvalue weighted by Crippen LogP contribution is 2.16. The Hall–Kier alpha value is -1.46. The lowest BCUT2D eigenvalue weighted by Crippen LogP contribution is -2.23. The molecule has 0 aliphatic carbocycles. The Balaban J connectivity index is 2.59. The summed E-state index contributed by atoms with van der Waals surface area (Å²) in [6, 6.07) is 0. The predicted molar refractivity (Wildman–Crippen MR) is 72.1 cm³/mol. The molecule has 4 nitrogen and oxygen atoms in total. The number of carbonyl (C=O) groups excluding carboxylic acids is 1. The van der Waals surface area contributed by atoms with Crippen LogP contribution in [-0.4, -0.2) is 28.9 Å². The summed E-state index contributed by atoms with van der Waals surface area (Å²) in [6.07, 6.45) is 3.70. The average molecular weight is 251 g/mol. The fourth-order valence-corrected chi connectivity index (χ4v) is 2.13. The number of carbonyl (C=O) groups is 1. The van der Waals surface area contributed by atoms with Gasteiger partial charge in [0.05, 0.1) is 5.69 Å². The maximum absolute atomic E-state index is 10.9. The number of thiazole rings is 1. The van der Waals surface area contributed by atoms with Gasteiger partial charge >= 0.3 is 0 Å². The number of rotatable bonds is 7. The van der Waals surface area contributed by atoms with Gasteiger partial charge in [-0.3, -0.25) is 9.69 Å². The molecule has 1 amide bonds. The zero-order valence-electron chi connectivity index (χ0n) is 9.98. The van der Waals surface area contributed by atoms with E-state index >= 15 is 0 Å². The molecule has 0 aliphatic rings. The van der Waals surface area contributed by atoms with Gasteiger partial charge in [-0.2, -0.15) is 0 Å². The van der Waals surface area contributed by atoms with E-state index in [-0.39, 0.29) is 5.91 Å². The monoisotopic (exact) mass is 251 g/mol. The topological polar surface area (TPSA) is 45.2 Å². The second-order valence-electron chi connectivity index (χ2n) is 3.60. The normalized spacial score (nSPS) is 10.2. The molecule has 0 bridgehead atoms. The molecule has 1 aromatic rings. The Morgan fingerprint density at radius 1 is 1.53 bits per heavy atom. The van der Waals surface area contributed by atoms with Crippen LogP contribution in [0.25, 0.3) is 0 Å². The zero-order valence-corrected chi connectivity index (χ0v) is 10.8. The molecular weight excluding hydrogens is 234 g/mol. The largest absolute Gasteiger partial charge is 0.302 e. The highest BCUT2D eigenvalue weighted by Gasteiger charge is 2.07. The molecule has 0 spiro atoms. The lowest BCUT2D eigenvalue weighted by atomic mass is 10.4. The summed E-state index contributed by atoms with van der Waals surface area (Å²) in [5.41, 5.74) is 0.947. The van der Waals surface area contributed by atoms with Crippen LogP contribution in [0.5, 0.6) is 0 Å². The molecule has 1 heterocycles. The van der Waals surface area contributed by atoms with E-state index in [1.54, 1.807) is 0 Å². The summed E-state index contributed by atoms with van der Waals surface area (Å²) in [6.45, 7) is 11.2. The van der Waals surface area contributed by atoms with Gasteiger partial charge in [-0.05, 0) is 0 Å². The van der Waals surface area contributed by atoms with E-state index in [4.69, 9.17) is 0 Å². The minimum absolute atomic E-state index is 0.0973. The number of hydrogen-bond donors (Lipinski definition) is 1. The maximum atomic E-state index is 10.9. The van der Waals surface area contributed by atoms with Gasteiger partial charge in [-0.1, -0.05) is 12.2 Å². The Kier molecular flexibility index (Phi) is 5.59. The van der Waals surface area contributed by atoms with Crippen molar-refractivity contribution in [3.8, 4) is 0 Å². The van der Waals surface area contributed by atoms with Crippen molar-refractivity contribution in [2.24, 2.45) is 0 Å². The van der Waals surface area contributed by atoms with Crippen LogP contribution in [0.1, 0.15) is 12.6 Å². The van der Waals surface area contributed by atoms with Gasteiger partial charge in [-0.25, -0.2) is 4.98 Å². The van der Waals surface area contributed by atoms with Crippen LogP contribution in [0.15, 0.2) is 30.7 Å². The molecule has 5 heteroatoms. The van der Waals surface area contributed by atoms with Crippen molar-refractivity contribution in [2.75, 3.05) is 18.4 Å². The number of anilines is 1. The van der Waals surface area contributed by atoms with Crippen LogP contribution in [-0.2, 0) is 11.3 Å². The summed E-state index contributed by atoms with van der Waals surface area (Å²) in [7, 11) is 0. The van der Waals surface area contributed by atoms with Crippen molar-refractivity contribution in [2.45, 2.75) is 13.5 Å². The first-order valence-corrected chi connectivity index (χ1v) is 6.19. The first-order chi connectivity index (χ1) is 8.15. The first-order valence-electron chi connectivity index (χ1n) is 5.32. The number of nitrogens with zero attached hydrogens (tertiary/aromatic N) is 2. The van der Waals surface area contributed by atoms with Crippen molar-refractivity contribution in [1.29, 1.82) is 0 Å². The Morgan fingerprint density at radius 3 is 2.71 bits per heavy atom. The molecule has 92 valence electrons. The van der Waals surface area contributed by atoms with Crippen LogP contribution in [0.4, 0.5) is 5.13 Å². The molecule has 1 N–H and O–H groups in total. The summed E-state index contributed by atoms with van der Waals surface area (Å²) in [4.78, 5) is 17.4. The Bertz CT molecular complexity index is 390. The summed E-state index contributed by atoms with van der Waals surface area (Å²) in [5.74, 6) is -0.0973. The van der Waals surface area contributed by atoms with Gasteiger partial charge in [-0.15, -0.1) is 24.5 Å². The van der Waals surface area contributed by atoms with Crippen LogP contribution < -0.4 is 5.32 Å². The van der Waals surface area contributed by atoms with E-state index in [0.29, 0.717) is 5.13 Å². The van der Waals surface area contributed by atoms with E-state index in [1.807, 2.05) is 17.5 Å². The number of aromatic nitrogens is 1. The Labute approximate surface area is 106 Å². The zero-order chi connectivity index (χ0) is 12.7. The molecule has 0 fully saturated rings. The Morgan fingerprint density at radius 2 is 2.18 bits per heavy atom. The molecule has 0 saturated heterocycles. The molecule has 0 atom stereocenters. The summed E-state index contributed by atoms with van der Waals surface area (Å²) < 4.78 is 0. The SMILES string of the molecule is C=CCN(CC=C)Cc1csc(NC(C)=O)n1. The van der Waals surface area contributed by atoms with Crippen molar-refractivity contribution in [3.63, 3.8) is 0 Å². The molecule has 0 unspecified atom stereocenters. The fourth-order valence-electron chi connectivity index (χ4n) is 1.39. The first kappa shape index (κ1) is 13.6. The standard InChI is InChI=1S/C12H17N3OS/c1-4-6-15(7-5-2)8-11-9-17-12(14-11)13-10(3)16/h4-5,9H,1-2,6-8H2,3H3,(H,13,14,16). The highest BCUT2D eigenvalue weighted by molar-refractivity contribution is 7.13. The maximum Gasteiger partial charge on any atom is 0.223 e. The van der Waals surface area contributed by atoms with Crippen molar-refractivity contribution in [3.05, 3.63) is 36.4 Å². The van der Waals surface area contributed by atoms with Crippen LogP contribution in [0.2, 0.25) is 0 Å². The third kappa shape index (κ3) is 4.93. The quantitative estimate of drug-likeness (QED) is 0.756. The smallest absolute Gasteiger partial charge is 0.223 e. The van der Waals surface area contributed by atoms with Gasteiger partial charge < -0.3 is 5.32 Å². The molecular formula is C12H17N3OS. The minimum Gasteiger partial charge on any atom is -0.302 e. The molecule has 0 aliphatic heterocycles. The van der Waals surface area contributed by atoms with Crippen LogP contribution in [0, 0.1) is 0 Å². The number of hydrogen-bond acceptors (Lipinski definition) is 4. The molecule has 1 rings (SSSR count). The summed E-state index contributed by atoms with van der Waals surface area (Å²) >= 11 is 1.43. The number of nitrogens with one attached hydrogen (secondary N) is 1. The van der Waals surface area contributed by atoms with Crippen molar-refractivity contribution in [1.82, 2.24) is 9.88 Å². The van der Waals surface area contributed by atoms with Crippen LogP contribution >= 0.6 is 11.3 Å².